The molecule has 1 fully saturated rings. The highest BCUT2D eigenvalue weighted by Crippen LogP contribution is 2.26. The van der Waals surface area contributed by atoms with E-state index in [4.69, 9.17) is 9.47 Å². The van der Waals surface area contributed by atoms with Gasteiger partial charge in [-0.15, -0.1) is 0 Å². The van der Waals surface area contributed by atoms with Crippen molar-refractivity contribution in [3.63, 3.8) is 0 Å². The molecule has 0 saturated heterocycles. The Balaban J connectivity index is 1.66. The molecule has 1 atom stereocenters. The first-order valence-corrected chi connectivity index (χ1v) is 9.01. The molecular weight excluding hydrogens is 314 g/mol. The summed E-state index contributed by atoms with van der Waals surface area (Å²) in [4.78, 5) is 12.6. The number of nitrogens with one attached hydrogen (secondary N) is 1. The Bertz CT molecular complexity index is 735. The molecule has 0 aromatic heterocycles. The molecule has 134 valence electrons. The van der Waals surface area contributed by atoms with E-state index < -0.39 is 0 Å². The third kappa shape index (κ3) is 4.13. The standard InChI is InChI=1S/C21H27NO3/c1-14(21(23)22-18-7-10-19(24-2)11-8-18)15-4-5-17-13-20(25-3)9-6-16(17)12-15/h4-6,9,12-14,18-19H,7-8,10-11H2,1-3H3,(H,22,23)/t14-,18?,19?/m0/s1. The number of carbonyl (C=O) groups is 1. The summed E-state index contributed by atoms with van der Waals surface area (Å²) >= 11 is 0. The quantitative estimate of drug-likeness (QED) is 0.893. The maximum absolute atomic E-state index is 12.6. The lowest BCUT2D eigenvalue weighted by Gasteiger charge is -2.29. The average molecular weight is 341 g/mol. The lowest BCUT2D eigenvalue weighted by atomic mass is 9.91. The van der Waals surface area contributed by atoms with Crippen LogP contribution in [-0.4, -0.2) is 32.3 Å². The van der Waals surface area contributed by atoms with Gasteiger partial charge >= 0.3 is 0 Å². The van der Waals surface area contributed by atoms with Crippen LogP contribution in [0.25, 0.3) is 10.8 Å². The largest absolute Gasteiger partial charge is 0.497 e. The van der Waals surface area contributed by atoms with Gasteiger partial charge in [0.2, 0.25) is 5.91 Å². The van der Waals surface area contributed by atoms with Gasteiger partial charge in [0.25, 0.3) is 0 Å². The summed E-state index contributed by atoms with van der Waals surface area (Å²) in [6.45, 7) is 1.97. The molecule has 4 nitrogen and oxygen atoms in total. The van der Waals surface area contributed by atoms with E-state index in [0.29, 0.717) is 6.10 Å². The van der Waals surface area contributed by atoms with Gasteiger partial charge in [-0.05, 0) is 61.1 Å². The second kappa shape index (κ2) is 7.87. The summed E-state index contributed by atoms with van der Waals surface area (Å²) in [6.07, 6.45) is 4.38. The molecule has 0 heterocycles. The first-order valence-electron chi connectivity index (χ1n) is 9.01. The fourth-order valence-electron chi connectivity index (χ4n) is 3.56. The predicted molar refractivity (Wildman–Crippen MR) is 100 cm³/mol. The van der Waals surface area contributed by atoms with Gasteiger partial charge in [0.05, 0.1) is 19.1 Å². The lowest BCUT2D eigenvalue weighted by molar-refractivity contribution is -0.123. The van der Waals surface area contributed by atoms with Crippen LogP contribution in [0.1, 0.15) is 44.1 Å². The van der Waals surface area contributed by atoms with Crippen molar-refractivity contribution < 1.29 is 14.3 Å². The van der Waals surface area contributed by atoms with E-state index in [1.807, 2.05) is 31.2 Å². The molecule has 1 amide bonds. The van der Waals surface area contributed by atoms with Gasteiger partial charge in [-0.2, -0.15) is 0 Å². The van der Waals surface area contributed by atoms with E-state index in [-0.39, 0.29) is 17.9 Å². The summed E-state index contributed by atoms with van der Waals surface area (Å²) in [5.74, 6) is 0.790. The molecule has 3 rings (SSSR count). The number of hydrogen-bond donors (Lipinski definition) is 1. The highest BCUT2D eigenvalue weighted by Gasteiger charge is 2.24. The molecule has 1 N–H and O–H groups in total. The molecule has 0 radical (unpaired) electrons. The summed E-state index contributed by atoms with van der Waals surface area (Å²) in [5.41, 5.74) is 1.04. The van der Waals surface area contributed by atoms with Crippen molar-refractivity contribution >= 4 is 16.7 Å². The minimum atomic E-state index is -0.161. The fourth-order valence-corrected chi connectivity index (χ4v) is 3.56. The first-order chi connectivity index (χ1) is 12.1. The van der Waals surface area contributed by atoms with Crippen LogP contribution in [0.3, 0.4) is 0 Å². The van der Waals surface area contributed by atoms with Crippen molar-refractivity contribution in [1.82, 2.24) is 5.32 Å². The molecular formula is C21H27NO3. The van der Waals surface area contributed by atoms with Crippen LogP contribution in [-0.2, 0) is 9.53 Å². The Morgan fingerprint density at radius 1 is 1.04 bits per heavy atom. The van der Waals surface area contributed by atoms with Crippen LogP contribution < -0.4 is 10.1 Å². The molecule has 1 aliphatic rings. The second-order valence-electron chi connectivity index (χ2n) is 6.91. The summed E-state index contributed by atoms with van der Waals surface area (Å²) in [6, 6.07) is 12.5. The van der Waals surface area contributed by atoms with E-state index in [2.05, 4.69) is 17.4 Å². The minimum absolute atomic E-state index is 0.105. The average Bonchev–Trinajstić information content (AvgIpc) is 2.67. The van der Waals surface area contributed by atoms with Crippen molar-refractivity contribution in [1.29, 1.82) is 0 Å². The van der Waals surface area contributed by atoms with Crippen molar-refractivity contribution in [3.05, 3.63) is 42.0 Å². The molecule has 0 unspecified atom stereocenters. The zero-order valence-corrected chi connectivity index (χ0v) is 15.2. The van der Waals surface area contributed by atoms with Crippen molar-refractivity contribution in [2.75, 3.05) is 14.2 Å². The van der Waals surface area contributed by atoms with Gasteiger partial charge in [0.1, 0.15) is 5.75 Å². The number of ether oxygens (including phenoxy) is 2. The zero-order valence-electron chi connectivity index (χ0n) is 15.2. The maximum atomic E-state index is 12.6. The van der Waals surface area contributed by atoms with E-state index in [1.165, 1.54) is 0 Å². The smallest absolute Gasteiger partial charge is 0.227 e. The second-order valence-corrected chi connectivity index (χ2v) is 6.91. The Kier molecular flexibility index (Phi) is 5.59. The molecule has 2 aromatic rings. The third-order valence-electron chi connectivity index (χ3n) is 5.32. The molecule has 25 heavy (non-hydrogen) atoms. The molecule has 1 aliphatic carbocycles. The predicted octanol–water partition coefficient (Wildman–Crippen LogP) is 4.03. The molecule has 0 aliphatic heterocycles. The SMILES string of the molecule is COc1ccc2cc([C@H](C)C(=O)NC3CCC(OC)CC3)ccc2c1. The molecule has 2 aromatic carbocycles. The normalized spacial score (nSPS) is 21.7. The van der Waals surface area contributed by atoms with Crippen molar-refractivity contribution in [2.24, 2.45) is 0 Å². The monoisotopic (exact) mass is 341 g/mol. The van der Waals surface area contributed by atoms with Gasteiger partial charge in [0.15, 0.2) is 0 Å². The number of fused-ring (bicyclic) bond motifs is 1. The van der Waals surface area contributed by atoms with E-state index >= 15 is 0 Å². The molecule has 1 saturated carbocycles. The number of benzene rings is 2. The summed E-state index contributed by atoms with van der Waals surface area (Å²) < 4.78 is 10.7. The van der Waals surface area contributed by atoms with Crippen LogP contribution in [0.15, 0.2) is 36.4 Å². The number of amides is 1. The Morgan fingerprint density at radius 2 is 1.72 bits per heavy atom. The fraction of sp³-hybridized carbons (Fsp3) is 0.476. The van der Waals surface area contributed by atoms with E-state index in [9.17, 15) is 4.79 Å². The first kappa shape index (κ1) is 17.7. The van der Waals surface area contributed by atoms with Crippen molar-refractivity contribution in [3.8, 4) is 5.75 Å². The van der Waals surface area contributed by atoms with Crippen LogP contribution in [0, 0.1) is 0 Å². The highest BCUT2D eigenvalue weighted by molar-refractivity contribution is 5.88. The molecule has 4 heteroatoms. The Morgan fingerprint density at radius 3 is 2.40 bits per heavy atom. The van der Waals surface area contributed by atoms with Crippen molar-refractivity contribution in [2.45, 2.75) is 50.7 Å². The van der Waals surface area contributed by atoms with Crippen LogP contribution in [0.5, 0.6) is 5.75 Å². The highest BCUT2D eigenvalue weighted by atomic mass is 16.5. The van der Waals surface area contributed by atoms with E-state index in [1.54, 1.807) is 14.2 Å². The Labute approximate surface area is 149 Å². The number of carbonyl (C=O) groups excluding carboxylic acids is 1. The van der Waals surface area contributed by atoms with Crippen LogP contribution in [0.2, 0.25) is 0 Å². The Hall–Kier alpha value is -2.07. The van der Waals surface area contributed by atoms with Gasteiger partial charge in [-0.1, -0.05) is 24.3 Å². The zero-order chi connectivity index (χ0) is 17.8. The number of methoxy groups -OCH3 is 2. The lowest BCUT2D eigenvalue weighted by Crippen LogP contribution is -2.40. The van der Waals surface area contributed by atoms with Gasteiger partial charge in [-0.3, -0.25) is 4.79 Å². The molecule has 0 bridgehead atoms. The van der Waals surface area contributed by atoms with Gasteiger partial charge in [0, 0.05) is 13.2 Å². The van der Waals surface area contributed by atoms with Gasteiger partial charge in [-0.25, -0.2) is 0 Å². The summed E-state index contributed by atoms with van der Waals surface area (Å²) in [7, 11) is 3.43. The number of rotatable bonds is 5. The summed E-state index contributed by atoms with van der Waals surface area (Å²) in [5, 5.41) is 5.46. The van der Waals surface area contributed by atoms with Crippen LogP contribution >= 0.6 is 0 Å². The number of hydrogen-bond acceptors (Lipinski definition) is 3. The van der Waals surface area contributed by atoms with Gasteiger partial charge < -0.3 is 14.8 Å². The third-order valence-corrected chi connectivity index (χ3v) is 5.32. The maximum Gasteiger partial charge on any atom is 0.227 e. The van der Waals surface area contributed by atoms with Crippen LogP contribution in [0.4, 0.5) is 0 Å². The topological polar surface area (TPSA) is 47.6 Å². The minimum Gasteiger partial charge on any atom is -0.497 e. The molecule has 0 spiro atoms. The van der Waals surface area contributed by atoms with E-state index in [0.717, 1.165) is 47.8 Å².